The highest BCUT2D eigenvalue weighted by atomic mass is 35.5. The van der Waals surface area contributed by atoms with Gasteiger partial charge >= 0.3 is 7.12 Å². The Hall–Kier alpha value is -4.32. The lowest BCUT2D eigenvalue weighted by atomic mass is 9.51. The maximum atomic E-state index is 14.4. The van der Waals surface area contributed by atoms with Crippen LogP contribution in [0.1, 0.15) is 31.2 Å². The molecule has 0 spiro atoms. The topological polar surface area (TPSA) is 135 Å². The maximum absolute atomic E-state index is 14.4. The number of hydrogen-bond acceptors (Lipinski definition) is 7. The SMILES string of the molecule is CC12C(=O)N(c3ccc(F)c(Cl)c3)C(=O)C1CC1C(=CCC3C(=O)N(c4cccc(B(O)O)c4)C(=O)C31)C2c1cccc(O)c1. The Kier molecular flexibility index (Phi) is 6.77. The van der Waals surface area contributed by atoms with Crippen LogP contribution in [0.4, 0.5) is 15.8 Å². The highest BCUT2D eigenvalue weighted by molar-refractivity contribution is 6.58. The molecule has 0 aromatic heterocycles. The van der Waals surface area contributed by atoms with E-state index in [1.54, 1.807) is 25.1 Å². The van der Waals surface area contributed by atoms with Gasteiger partial charge in [0.05, 0.1) is 39.6 Å². The minimum atomic E-state index is -1.79. The van der Waals surface area contributed by atoms with Crippen molar-refractivity contribution >= 4 is 59.2 Å². The molecule has 3 fully saturated rings. The van der Waals surface area contributed by atoms with Gasteiger partial charge in [-0.25, -0.2) is 9.29 Å². The van der Waals surface area contributed by atoms with Crippen molar-refractivity contribution in [2.24, 2.45) is 29.1 Å². The summed E-state index contributed by atoms with van der Waals surface area (Å²) in [7, 11) is -1.79. The quantitative estimate of drug-likeness (QED) is 0.229. The summed E-state index contributed by atoms with van der Waals surface area (Å²) in [6.45, 7) is 1.71. The first-order valence-corrected chi connectivity index (χ1v) is 15.0. The number of phenols is 1. The number of fused-ring (bicyclic) bond motifs is 4. The highest BCUT2D eigenvalue weighted by Gasteiger charge is 2.67. The van der Waals surface area contributed by atoms with Gasteiger partial charge < -0.3 is 15.2 Å². The highest BCUT2D eigenvalue weighted by Crippen LogP contribution is 2.63. The van der Waals surface area contributed by atoms with Gasteiger partial charge in [-0.15, -0.1) is 0 Å². The summed E-state index contributed by atoms with van der Waals surface area (Å²) in [5.41, 5.74) is 0.440. The third kappa shape index (κ3) is 4.21. The van der Waals surface area contributed by atoms with Crippen LogP contribution in [0.5, 0.6) is 5.75 Å². The van der Waals surface area contributed by atoms with Gasteiger partial charge in [-0.1, -0.05) is 47.5 Å². The summed E-state index contributed by atoms with van der Waals surface area (Å²) < 4.78 is 14.0. The number of hydrogen-bond donors (Lipinski definition) is 3. The number of imide groups is 2. The van der Waals surface area contributed by atoms with E-state index in [-0.39, 0.29) is 40.5 Å². The molecule has 1 saturated carbocycles. The number of carbonyl (C=O) groups excluding carboxylic acids is 4. The van der Waals surface area contributed by atoms with Crippen LogP contribution in [-0.2, 0) is 19.2 Å². The summed E-state index contributed by atoms with van der Waals surface area (Å²) in [5.74, 6) is -6.43. The number of aromatic hydroxyl groups is 1. The van der Waals surface area contributed by atoms with Gasteiger partial charge in [0.1, 0.15) is 11.6 Å². The number of phenolic OH excluding ortho intramolecular Hbond substituents is 1. The molecule has 45 heavy (non-hydrogen) atoms. The first kappa shape index (κ1) is 29.4. The van der Waals surface area contributed by atoms with Crippen LogP contribution in [0.15, 0.2) is 78.4 Å². The molecule has 6 unspecified atom stereocenters. The fourth-order valence-electron chi connectivity index (χ4n) is 8.05. The summed E-state index contributed by atoms with van der Waals surface area (Å²) in [6.07, 6.45) is 2.21. The van der Waals surface area contributed by atoms with Crippen LogP contribution in [0, 0.1) is 34.9 Å². The number of anilines is 2. The average molecular weight is 629 g/mol. The second kappa shape index (κ2) is 10.4. The van der Waals surface area contributed by atoms with Gasteiger partial charge in [0, 0.05) is 5.92 Å². The Morgan fingerprint density at radius 3 is 2.33 bits per heavy atom. The molecule has 3 aromatic rings. The fraction of sp³-hybridized carbons (Fsp3) is 0.273. The van der Waals surface area contributed by atoms with Gasteiger partial charge in [-0.2, -0.15) is 0 Å². The Morgan fingerprint density at radius 1 is 0.889 bits per heavy atom. The van der Waals surface area contributed by atoms with Crippen molar-refractivity contribution in [1.82, 2.24) is 0 Å². The van der Waals surface area contributed by atoms with E-state index < -0.39 is 71.6 Å². The van der Waals surface area contributed by atoms with E-state index in [0.717, 1.165) is 21.4 Å². The summed E-state index contributed by atoms with van der Waals surface area (Å²) in [4.78, 5) is 58.6. The average Bonchev–Trinajstić information content (AvgIpc) is 3.38. The zero-order valence-electron chi connectivity index (χ0n) is 23.9. The van der Waals surface area contributed by atoms with Crippen LogP contribution >= 0.6 is 11.6 Å². The van der Waals surface area contributed by atoms with Crippen LogP contribution in [-0.4, -0.2) is 45.9 Å². The zero-order valence-corrected chi connectivity index (χ0v) is 24.7. The fourth-order valence-corrected chi connectivity index (χ4v) is 8.22. The van der Waals surface area contributed by atoms with Gasteiger partial charge in [0.25, 0.3) is 0 Å². The second-order valence-corrected chi connectivity index (χ2v) is 12.7. The number of amides is 4. The van der Waals surface area contributed by atoms with Crippen molar-refractivity contribution in [2.75, 3.05) is 9.80 Å². The van der Waals surface area contributed by atoms with Crippen LogP contribution in [0.3, 0.4) is 0 Å². The second-order valence-electron chi connectivity index (χ2n) is 12.3. The molecule has 6 atom stereocenters. The third-order valence-electron chi connectivity index (χ3n) is 10.1. The molecule has 4 aliphatic rings. The van der Waals surface area contributed by atoms with Crippen molar-refractivity contribution in [2.45, 2.75) is 25.7 Å². The van der Waals surface area contributed by atoms with Crippen molar-refractivity contribution in [1.29, 1.82) is 0 Å². The van der Waals surface area contributed by atoms with Crippen LogP contribution in [0.2, 0.25) is 5.02 Å². The number of allylic oxidation sites excluding steroid dienone is 2. The van der Waals surface area contributed by atoms with E-state index >= 15 is 0 Å². The molecular formula is C33H27BClFN2O7. The molecule has 4 amide bonds. The van der Waals surface area contributed by atoms with E-state index in [4.69, 9.17) is 11.6 Å². The van der Waals surface area contributed by atoms with Crippen LogP contribution < -0.4 is 15.3 Å². The van der Waals surface area contributed by atoms with Crippen LogP contribution in [0.25, 0.3) is 0 Å². The molecule has 12 heteroatoms. The summed E-state index contributed by atoms with van der Waals surface area (Å²) in [5, 5.41) is 29.6. The van der Waals surface area contributed by atoms with Gasteiger partial charge in [-0.05, 0) is 79.2 Å². The minimum absolute atomic E-state index is 0.0350. The maximum Gasteiger partial charge on any atom is 0.488 e. The van der Waals surface area contributed by atoms with E-state index in [0.29, 0.717) is 5.56 Å². The molecule has 3 N–H and O–H groups in total. The number of halogens is 2. The van der Waals surface area contributed by atoms with E-state index in [9.17, 15) is 38.7 Å². The molecule has 9 nitrogen and oxygen atoms in total. The predicted octanol–water partition coefficient (Wildman–Crippen LogP) is 3.30. The molecule has 7 rings (SSSR count). The Labute approximate surface area is 262 Å². The Balaban J connectivity index is 1.35. The molecule has 2 saturated heterocycles. The molecule has 2 aliphatic carbocycles. The first-order valence-electron chi connectivity index (χ1n) is 14.6. The molecule has 0 bridgehead atoms. The monoisotopic (exact) mass is 628 g/mol. The largest absolute Gasteiger partial charge is 0.508 e. The molecule has 2 heterocycles. The number of benzene rings is 3. The van der Waals surface area contributed by atoms with Gasteiger partial charge in [0.15, 0.2) is 0 Å². The standard InChI is InChI=1S/C33H27BClFN2O7/c1-33-24(30(41)38(32(33)43)19-8-11-26(36)25(35)14-19)15-23-21(28(33)16-4-2-7-20(39)12-16)9-10-22-27(23)31(42)37(29(22)40)18-6-3-5-17(13-18)34(44)45/h2-9,11-14,22-24,27-28,39,44-45H,10,15H2,1H3. The van der Waals surface area contributed by atoms with E-state index in [1.807, 2.05) is 6.08 Å². The number of nitrogens with zero attached hydrogens (tertiary/aromatic N) is 2. The normalized spacial score (nSPS) is 29.0. The summed E-state index contributed by atoms with van der Waals surface area (Å²) >= 11 is 6.04. The Morgan fingerprint density at radius 2 is 1.62 bits per heavy atom. The molecule has 2 aliphatic heterocycles. The molecule has 0 radical (unpaired) electrons. The smallest absolute Gasteiger partial charge is 0.488 e. The summed E-state index contributed by atoms with van der Waals surface area (Å²) in [6, 6.07) is 16.0. The van der Waals surface area contributed by atoms with Crippen molar-refractivity contribution < 1.29 is 38.7 Å². The lowest BCUT2D eigenvalue weighted by Crippen LogP contribution is -2.48. The van der Waals surface area contributed by atoms with E-state index in [2.05, 4.69) is 0 Å². The zero-order chi connectivity index (χ0) is 31.9. The lowest BCUT2D eigenvalue weighted by molar-refractivity contribution is -0.131. The lowest BCUT2D eigenvalue weighted by Gasteiger charge is -2.49. The van der Waals surface area contributed by atoms with Crippen molar-refractivity contribution in [3.05, 3.63) is 94.8 Å². The molecule has 3 aromatic carbocycles. The predicted molar refractivity (Wildman–Crippen MR) is 163 cm³/mol. The number of rotatable bonds is 4. The minimum Gasteiger partial charge on any atom is -0.508 e. The molecular weight excluding hydrogens is 602 g/mol. The first-order chi connectivity index (χ1) is 21.4. The van der Waals surface area contributed by atoms with E-state index in [1.165, 1.54) is 42.5 Å². The molecule has 228 valence electrons. The van der Waals surface area contributed by atoms with Gasteiger partial charge in [-0.3, -0.25) is 24.1 Å². The van der Waals surface area contributed by atoms with Gasteiger partial charge in [0.2, 0.25) is 23.6 Å². The Bertz CT molecular complexity index is 1850. The third-order valence-corrected chi connectivity index (χ3v) is 10.4. The van der Waals surface area contributed by atoms with Crippen molar-refractivity contribution in [3.8, 4) is 5.75 Å². The number of carbonyl (C=O) groups is 4. The van der Waals surface area contributed by atoms with Crippen molar-refractivity contribution in [3.63, 3.8) is 0 Å².